The molecule has 0 aliphatic heterocycles. The van der Waals surface area contributed by atoms with Gasteiger partial charge >= 0.3 is 5.97 Å². The standard InChI is InChI=1S/C26H40O7/c1-6-15(2)21(29)33-20-14-19-22(4)9-8-18(28)13-17(22)7-10-25(19,31)26(32)12-11-24(30,16(3)27)23(20,26)5/h6-7,16,18-20,27-28,30-32H,8-14H2,1-5H3/b15-6+/t16-,18-,19+,20+,22-,23+,24+,25-,26+/m0/s1. The molecule has 0 spiro atoms. The Morgan fingerprint density at radius 1 is 1.21 bits per heavy atom. The molecule has 0 heterocycles. The van der Waals surface area contributed by atoms with Crippen LogP contribution in [-0.4, -0.2) is 66.6 Å². The summed E-state index contributed by atoms with van der Waals surface area (Å²) >= 11 is 0. The van der Waals surface area contributed by atoms with E-state index in [1.807, 2.05) is 6.08 Å². The van der Waals surface area contributed by atoms with Gasteiger partial charge in [-0.15, -0.1) is 0 Å². The predicted molar refractivity (Wildman–Crippen MR) is 122 cm³/mol. The fraction of sp³-hybridized carbons (Fsp3) is 0.808. The number of esters is 1. The normalized spacial score (nSPS) is 50.5. The average Bonchev–Trinajstić information content (AvgIpc) is 2.99. The molecule has 0 saturated heterocycles. The van der Waals surface area contributed by atoms with Crippen LogP contribution in [0.15, 0.2) is 23.3 Å². The first-order valence-corrected chi connectivity index (χ1v) is 12.3. The first kappa shape index (κ1) is 24.9. The maximum absolute atomic E-state index is 12.9. The van der Waals surface area contributed by atoms with Crippen molar-refractivity contribution >= 4 is 5.97 Å². The molecule has 4 rings (SSSR count). The first-order chi connectivity index (χ1) is 15.2. The van der Waals surface area contributed by atoms with E-state index in [4.69, 9.17) is 4.74 Å². The molecule has 0 unspecified atom stereocenters. The fourth-order valence-corrected chi connectivity index (χ4v) is 7.85. The zero-order valence-corrected chi connectivity index (χ0v) is 20.5. The lowest BCUT2D eigenvalue weighted by atomic mass is 9.42. The topological polar surface area (TPSA) is 127 Å². The van der Waals surface area contributed by atoms with Crippen LogP contribution in [0.25, 0.3) is 0 Å². The van der Waals surface area contributed by atoms with Crippen molar-refractivity contribution in [2.24, 2.45) is 16.7 Å². The summed E-state index contributed by atoms with van der Waals surface area (Å²) in [5.74, 6) is -0.970. The van der Waals surface area contributed by atoms with Crippen molar-refractivity contribution in [2.75, 3.05) is 0 Å². The minimum atomic E-state index is -1.79. The van der Waals surface area contributed by atoms with Crippen LogP contribution in [0.4, 0.5) is 0 Å². The second-order valence-electron chi connectivity index (χ2n) is 11.5. The van der Waals surface area contributed by atoms with Gasteiger partial charge in [0.2, 0.25) is 0 Å². The molecule has 3 fully saturated rings. The molecular weight excluding hydrogens is 424 g/mol. The van der Waals surface area contributed by atoms with E-state index < -0.39 is 57.8 Å². The van der Waals surface area contributed by atoms with Gasteiger partial charge in [0.25, 0.3) is 0 Å². The van der Waals surface area contributed by atoms with Gasteiger partial charge in [0.1, 0.15) is 22.9 Å². The molecule has 0 aromatic heterocycles. The van der Waals surface area contributed by atoms with Gasteiger partial charge in [-0.2, -0.15) is 0 Å². The molecule has 0 aromatic rings. The lowest BCUT2D eigenvalue weighted by Gasteiger charge is -2.67. The van der Waals surface area contributed by atoms with Crippen molar-refractivity contribution < 1.29 is 35.1 Å². The minimum Gasteiger partial charge on any atom is -0.458 e. The Morgan fingerprint density at radius 3 is 2.48 bits per heavy atom. The third-order valence-electron chi connectivity index (χ3n) is 10.3. The molecule has 4 aliphatic rings. The Balaban J connectivity index is 1.88. The summed E-state index contributed by atoms with van der Waals surface area (Å²) in [6.07, 6.45) is 3.42. The summed E-state index contributed by atoms with van der Waals surface area (Å²) in [5.41, 5.74) is -5.58. The summed E-state index contributed by atoms with van der Waals surface area (Å²) in [5, 5.41) is 57.3. The summed E-state index contributed by atoms with van der Waals surface area (Å²) in [6, 6.07) is 0. The third kappa shape index (κ3) is 2.95. The van der Waals surface area contributed by atoms with Crippen LogP contribution >= 0.6 is 0 Å². The number of hydrogen-bond acceptors (Lipinski definition) is 7. The van der Waals surface area contributed by atoms with E-state index in [1.165, 1.54) is 6.92 Å². The van der Waals surface area contributed by atoms with Crippen molar-refractivity contribution in [2.45, 2.75) is 115 Å². The molecule has 0 amide bonds. The van der Waals surface area contributed by atoms with Gasteiger partial charge in [-0.3, -0.25) is 0 Å². The second-order valence-corrected chi connectivity index (χ2v) is 11.5. The Labute approximate surface area is 196 Å². The number of rotatable bonds is 3. The molecule has 186 valence electrons. The molecule has 7 heteroatoms. The molecule has 33 heavy (non-hydrogen) atoms. The van der Waals surface area contributed by atoms with Crippen molar-refractivity contribution in [3.63, 3.8) is 0 Å². The van der Waals surface area contributed by atoms with Crippen LogP contribution in [-0.2, 0) is 9.53 Å². The molecule has 0 radical (unpaired) electrons. The summed E-state index contributed by atoms with van der Waals surface area (Å²) in [4.78, 5) is 12.9. The molecule has 7 nitrogen and oxygen atoms in total. The Bertz CT molecular complexity index is 895. The molecule has 3 saturated carbocycles. The monoisotopic (exact) mass is 464 g/mol. The summed E-state index contributed by atoms with van der Waals surface area (Å²) in [7, 11) is 0. The molecule has 9 atom stereocenters. The van der Waals surface area contributed by atoms with Gasteiger partial charge < -0.3 is 30.3 Å². The van der Waals surface area contributed by atoms with E-state index >= 15 is 0 Å². The molecule has 0 aromatic carbocycles. The highest BCUT2D eigenvalue weighted by Gasteiger charge is 2.81. The van der Waals surface area contributed by atoms with Crippen LogP contribution in [0.3, 0.4) is 0 Å². The number of hydrogen-bond donors (Lipinski definition) is 5. The van der Waals surface area contributed by atoms with Gasteiger partial charge in [-0.1, -0.05) is 31.6 Å². The van der Waals surface area contributed by atoms with E-state index in [2.05, 4.69) is 6.92 Å². The van der Waals surface area contributed by atoms with Crippen molar-refractivity contribution in [1.82, 2.24) is 0 Å². The van der Waals surface area contributed by atoms with E-state index in [9.17, 15) is 30.3 Å². The van der Waals surface area contributed by atoms with Crippen molar-refractivity contribution in [3.05, 3.63) is 23.3 Å². The maximum atomic E-state index is 12.9. The van der Waals surface area contributed by atoms with E-state index in [0.717, 1.165) is 5.57 Å². The van der Waals surface area contributed by atoms with Crippen LogP contribution in [0.2, 0.25) is 0 Å². The Kier molecular flexibility index (Phi) is 5.74. The highest BCUT2D eigenvalue weighted by Crippen LogP contribution is 2.71. The number of carbonyl (C=O) groups excluding carboxylic acids is 1. The van der Waals surface area contributed by atoms with E-state index in [0.29, 0.717) is 24.8 Å². The van der Waals surface area contributed by atoms with Gasteiger partial charge in [0, 0.05) is 11.5 Å². The third-order valence-corrected chi connectivity index (χ3v) is 10.3. The first-order valence-electron chi connectivity index (χ1n) is 12.3. The summed E-state index contributed by atoms with van der Waals surface area (Å²) < 4.78 is 5.99. The highest BCUT2D eigenvalue weighted by molar-refractivity contribution is 5.87. The molecule has 5 N–H and O–H groups in total. The quantitative estimate of drug-likeness (QED) is 0.246. The van der Waals surface area contributed by atoms with E-state index in [1.54, 1.807) is 26.8 Å². The number of ether oxygens (including phenoxy) is 1. The zero-order valence-electron chi connectivity index (χ0n) is 20.5. The number of carbonyl (C=O) groups is 1. The van der Waals surface area contributed by atoms with Crippen molar-refractivity contribution in [3.8, 4) is 0 Å². The van der Waals surface area contributed by atoms with Gasteiger partial charge in [0.15, 0.2) is 0 Å². The average molecular weight is 465 g/mol. The Hall–Kier alpha value is -1.25. The van der Waals surface area contributed by atoms with Crippen LogP contribution < -0.4 is 0 Å². The smallest absolute Gasteiger partial charge is 0.333 e. The van der Waals surface area contributed by atoms with Crippen LogP contribution in [0, 0.1) is 16.7 Å². The highest BCUT2D eigenvalue weighted by atomic mass is 16.5. The molecular formula is C26H40O7. The minimum absolute atomic E-state index is 0.0787. The van der Waals surface area contributed by atoms with E-state index in [-0.39, 0.29) is 25.7 Å². The largest absolute Gasteiger partial charge is 0.458 e. The Morgan fingerprint density at radius 2 is 1.88 bits per heavy atom. The lowest BCUT2D eigenvalue weighted by Crippen LogP contribution is -2.78. The van der Waals surface area contributed by atoms with Crippen LogP contribution in [0.1, 0.15) is 79.6 Å². The van der Waals surface area contributed by atoms with Gasteiger partial charge in [-0.05, 0) is 71.1 Å². The summed E-state index contributed by atoms with van der Waals surface area (Å²) in [6.45, 7) is 8.58. The number of fused-ring (bicyclic) bond motifs is 5. The molecule has 4 aliphatic carbocycles. The number of aliphatic hydroxyl groups is 5. The predicted octanol–water partition coefficient (Wildman–Crippen LogP) is 2.14. The maximum Gasteiger partial charge on any atom is 0.333 e. The fourth-order valence-electron chi connectivity index (χ4n) is 7.85. The van der Waals surface area contributed by atoms with Crippen molar-refractivity contribution in [1.29, 1.82) is 0 Å². The molecule has 0 bridgehead atoms. The van der Waals surface area contributed by atoms with Gasteiger partial charge in [-0.25, -0.2) is 4.79 Å². The lowest BCUT2D eigenvalue weighted by molar-refractivity contribution is -0.326. The SMILES string of the molecule is C/C=C(\C)C(=O)O[C@@H]1C[C@@H]2[C@@]3(C)CC[C@H](O)CC3=CC[C@@]2(O)[C@@]2(O)CC[C@@](O)([C@H](C)O)[C@@]12C. The van der Waals surface area contributed by atoms with Gasteiger partial charge in [0.05, 0.1) is 17.6 Å². The zero-order chi connectivity index (χ0) is 24.6. The second kappa shape index (κ2) is 7.62. The number of aliphatic hydroxyl groups excluding tert-OH is 2. The number of allylic oxidation sites excluding steroid dienone is 1. The van der Waals surface area contributed by atoms with Crippen LogP contribution in [0.5, 0.6) is 0 Å².